The van der Waals surface area contributed by atoms with Crippen LogP contribution in [-0.2, 0) is 0 Å². The maximum atomic E-state index is 11.6. The highest BCUT2D eigenvalue weighted by Gasteiger charge is 2.03. The summed E-state index contributed by atoms with van der Waals surface area (Å²) >= 11 is 0. The van der Waals surface area contributed by atoms with Crippen molar-refractivity contribution in [3.05, 3.63) is 59.0 Å². The molecule has 0 saturated carbocycles. The molecule has 3 aromatic rings. The normalized spacial score (nSPS) is 10.7. The number of rotatable bonds is 2. The van der Waals surface area contributed by atoms with Crippen molar-refractivity contribution >= 4 is 16.5 Å². The van der Waals surface area contributed by atoms with E-state index in [1.807, 2.05) is 32.3 Å². The maximum Gasteiger partial charge on any atom is 0.272 e. The molecule has 0 fully saturated rings. The number of anilines is 1. The van der Waals surface area contributed by atoms with Gasteiger partial charge >= 0.3 is 0 Å². The van der Waals surface area contributed by atoms with E-state index >= 15 is 0 Å². The number of hydrogen-bond donors (Lipinski definition) is 1. The third-order valence-electron chi connectivity index (χ3n) is 3.38. The largest absolute Gasteiger partial charge is 0.378 e. The lowest BCUT2D eigenvalue weighted by Crippen LogP contribution is -2.08. The molecular weight excluding hydrogens is 250 g/mol. The molecule has 0 amide bonds. The molecule has 0 aliphatic heterocycles. The molecule has 1 heterocycles. The molecule has 0 saturated heterocycles. The molecule has 100 valence electrons. The summed E-state index contributed by atoms with van der Waals surface area (Å²) in [7, 11) is 4.03. The molecule has 0 radical (unpaired) electrons. The predicted octanol–water partition coefficient (Wildman–Crippen LogP) is 2.66. The van der Waals surface area contributed by atoms with Crippen molar-refractivity contribution in [2.75, 3.05) is 19.0 Å². The molecule has 4 nitrogen and oxygen atoms in total. The maximum absolute atomic E-state index is 11.6. The lowest BCUT2D eigenvalue weighted by molar-refractivity contribution is 1.01. The van der Waals surface area contributed by atoms with E-state index in [2.05, 4.69) is 39.4 Å². The number of H-pyrrole nitrogens is 1. The summed E-state index contributed by atoms with van der Waals surface area (Å²) < 4.78 is 0. The Morgan fingerprint density at radius 1 is 1.00 bits per heavy atom. The molecule has 3 rings (SSSR count). The average molecular weight is 265 g/mol. The van der Waals surface area contributed by atoms with E-state index in [9.17, 15) is 4.79 Å². The Morgan fingerprint density at radius 3 is 2.40 bits per heavy atom. The van der Waals surface area contributed by atoms with Gasteiger partial charge in [0, 0.05) is 25.2 Å². The van der Waals surface area contributed by atoms with Gasteiger partial charge in [0.1, 0.15) is 0 Å². The fourth-order valence-electron chi connectivity index (χ4n) is 2.23. The van der Waals surface area contributed by atoms with Gasteiger partial charge in [-0.2, -0.15) is 5.10 Å². The Bertz CT molecular complexity index is 804. The Hall–Kier alpha value is -2.62. The van der Waals surface area contributed by atoms with E-state index in [1.54, 1.807) is 6.20 Å². The molecule has 0 aliphatic carbocycles. The van der Waals surface area contributed by atoms with Crippen molar-refractivity contribution in [3.63, 3.8) is 0 Å². The smallest absolute Gasteiger partial charge is 0.272 e. The predicted molar refractivity (Wildman–Crippen MR) is 82.1 cm³/mol. The van der Waals surface area contributed by atoms with Gasteiger partial charge in [-0.3, -0.25) is 4.79 Å². The van der Waals surface area contributed by atoms with Gasteiger partial charge in [0.25, 0.3) is 5.56 Å². The van der Waals surface area contributed by atoms with E-state index in [-0.39, 0.29) is 5.56 Å². The van der Waals surface area contributed by atoms with Crippen LogP contribution in [0.3, 0.4) is 0 Å². The lowest BCUT2D eigenvalue weighted by Gasteiger charge is -2.12. The van der Waals surface area contributed by atoms with Gasteiger partial charge in [-0.05, 0) is 35.4 Å². The van der Waals surface area contributed by atoms with Crippen molar-refractivity contribution in [2.45, 2.75) is 0 Å². The first-order valence-electron chi connectivity index (χ1n) is 6.40. The molecule has 0 unspecified atom stereocenters. The van der Waals surface area contributed by atoms with E-state index in [4.69, 9.17) is 0 Å². The van der Waals surface area contributed by atoms with Gasteiger partial charge in [-0.25, -0.2) is 5.10 Å². The average Bonchev–Trinajstić information content (AvgIpc) is 2.47. The zero-order chi connectivity index (χ0) is 14.1. The second kappa shape index (κ2) is 4.81. The van der Waals surface area contributed by atoms with Gasteiger partial charge in [-0.15, -0.1) is 0 Å². The molecule has 20 heavy (non-hydrogen) atoms. The van der Waals surface area contributed by atoms with Gasteiger partial charge < -0.3 is 4.90 Å². The number of aromatic amines is 1. The Kier molecular flexibility index (Phi) is 2.99. The number of aromatic nitrogens is 2. The SMILES string of the molecule is CN(C)c1ccc(-c2ccc3c(=O)[nH]ncc3c2)cc1. The molecule has 2 aromatic carbocycles. The first-order chi connectivity index (χ1) is 9.65. The number of hydrogen-bond acceptors (Lipinski definition) is 3. The summed E-state index contributed by atoms with van der Waals surface area (Å²) in [6.45, 7) is 0. The Morgan fingerprint density at radius 2 is 1.70 bits per heavy atom. The van der Waals surface area contributed by atoms with E-state index in [0.717, 1.165) is 22.2 Å². The molecule has 0 aliphatic rings. The van der Waals surface area contributed by atoms with Crippen LogP contribution in [0.15, 0.2) is 53.5 Å². The molecule has 1 aromatic heterocycles. The highest BCUT2D eigenvalue weighted by Crippen LogP contribution is 2.24. The van der Waals surface area contributed by atoms with Crippen LogP contribution < -0.4 is 10.5 Å². The summed E-state index contributed by atoms with van der Waals surface area (Å²) in [6, 6.07) is 14.1. The fraction of sp³-hybridized carbons (Fsp3) is 0.125. The zero-order valence-electron chi connectivity index (χ0n) is 11.4. The molecule has 1 N–H and O–H groups in total. The third kappa shape index (κ3) is 2.16. The van der Waals surface area contributed by atoms with Crippen LogP contribution in [0.2, 0.25) is 0 Å². The third-order valence-corrected chi connectivity index (χ3v) is 3.38. The van der Waals surface area contributed by atoms with Crippen LogP contribution in [-0.4, -0.2) is 24.3 Å². The van der Waals surface area contributed by atoms with Crippen LogP contribution in [0, 0.1) is 0 Å². The van der Waals surface area contributed by atoms with E-state index < -0.39 is 0 Å². The quantitative estimate of drug-likeness (QED) is 0.775. The number of nitrogens with zero attached hydrogens (tertiary/aromatic N) is 2. The first-order valence-corrected chi connectivity index (χ1v) is 6.40. The van der Waals surface area contributed by atoms with Crippen LogP contribution in [0.25, 0.3) is 21.9 Å². The van der Waals surface area contributed by atoms with Crippen molar-refractivity contribution in [3.8, 4) is 11.1 Å². The first kappa shape index (κ1) is 12.4. The van der Waals surface area contributed by atoms with Gasteiger partial charge in [0.05, 0.1) is 11.6 Å². The highest BCUT2D eigenvalue weighted by atomic mass is 16.1. The number of nitrogens with one attached hydrogen (secondary N) is 1. The van der Waals surface area contributed by atoms with Gasteiger partial charge in [-0.1, -0.05) is 18.2 Å². The second-order valence-electron chi connectivity index (χ2n) is 4.94. The Labute approximate surface area is 116 Å². The highest BCUT2D eigenvalue weighted by molar-refractivity contribution is 5.86. The minimum Gasteiger partial charge on any atom is -0.378 e. The van der Waals surface area contributed by atoms with E-state index in [0.29, 0.717) is 5.39 Å². The minimum absolute atomic E-state index is 0.156. The molecule has 4 heteroatoms. The zero-order valence-corrected chi connectivity index (χ0v) is 11.4. The number of benzene rings is 2. The monoisotopic (exact) mass is 265 g/mol. The van der Waals surface area contributed by atoms with Crippen LogP contribution >= 0.6 is 0 Å². The van der Waals surface area contributed by atoms with Crippen LogP contribution in [0.4, 0.5) is 5.69 Å². The second-order valence-corrected chi connectivity index (χ2v) is 4.94. The van der Waals surface area contributed by atoms with Crippen molar-refractivity contribution < 1.29 is 0 Å². The van der Waals surface area contributed by atoms with Crippen LogP contribution in [0.1, 0.15) is 0 Å². The van der Waals surface area contributed by atoms with Crippen molar-refractivity contribution in [2.24, 2.45) is 0 Å². The van der Waals surface area contributed by atoms with Crippen molar-refractivity contribution in [1.29, 1.82) is 0 Å². The molecular formula is C16H15N3O. The van der Waals surface area contributed by atoms with Crippen LogP contribution in [0.5, 0.6) is 0 Å². The van der Waals surface area contributed by atoms with Gasteiger partial charge in [0.15, 0.2) is 0 Å². The summed E-state index contributed by atoms with van der Waals surface area (Å²) in [5, 5.41) is 7.79. The molecule has 0 bridgehead atoms. The summed E-state index contributed by atoms with van der Waals surface area (Å²) in [5.41, 5.74) is 3.21. The van der Waals surface area contributed by atoms with Gasteiger partial charge in [0.2, 0.25) is 0 Å². The Balaban J connectivity index is 2.08. The fourth-order valence-corrected chi connectivity index (χ4v) is 2.23. The van der Waals surface area contributed by atoms with E-state index in [1.165, 1.54) is 0 Å². The minimum atomic E-state index is -0.156. The summed E-state index contributed by atoms with van der Waals surface area (Å²) in [5.74, 6) is 0. The number of fused-ring (bicyclic) bond motifs is 1. The summed E-state index contributed by atoms with van der Waals surface area (Å²) in [6.07, 6.45) is 1.68. The standard InChI is InChI=1S/C16H15N3O/c1-19(2)14-6-3-11(4-7-14)12-5-8-15-13(9-12)10-17-18-16(15)20/h3-10H,1-2H3,(H,18,20). The van der Waals surface area contributed by atoms with Crippen molar-refractivity contribution in [1.82, 2.24) is 10.2 Å². The lowest BCUT2D eigenvalue weighted by atomic mass is 10.0. The summed E-state index contributed by atoms with van der Waals surface area (Å²) in [4.78, 5) is 13.7. The molecule has 0 spiro atoms. The topological polar surface area (TPSA) is 49.0 Å². The molecule has 0 atom stereocenters.